The highest BCUT2D eigenvalue weighted by molar-refractivity contribution is 7.91. The van der Waals surface area contributed by atoms with Crippen molar-refractivity contribution in [1.29, 1.82) is 0 Å². The third-order valence-electron chi connectivity index (χ3n) is 10.3. The normalized spacial score (nSPS) is 30.9. The van der Waals surface area contributed by atoms with E-state index in [2.05, 4.69) is 15.6 Å². The molecule has 2 saturated carbocycles. The van der Waals surface area contributed by atoms with E-state index in [4.69, 9.17) is 9.47 Å². The standard InChI is InChI=1S/C34H42FN5O9S/c1-19-8-4-5-9-21-16-34(21,31(43)39-50(46,47)33(35)12-13-33)38-28(41)25-15-22(18-40(25)30(42)27(20(2)14-19)37-32(44)45)49-29-24-11-7-6-10-23(24)26(48-3)17-36-29/h5-7,9-11,17,19-22,25,27,37H,4,8,12-16,18H2,1-3H3,(H,38,41)(H,39,43)(H,44,45)/t19-,20-,21-,22-,25+,27+,34-/m1/s1. The number of carbonyl (C=O) groups is 4. The number of hydrogen-bond donors (Lipinski definition) is 4. The highest BCUT2D eigenvalue weighted by atomic mass is 32.2. The smallest absolute Gasteiger partial charge is 0.405 e. The molecule has 7 atom stereocenters. The van der Waals surface area contributed by atoms with Crippen LogP contribution in [0.2, 0.25) is 0 Å². The van der Waals surface area contributed by atoms with E-state index in [-0.39, 0.29) is 44.0 Å². The van der Waals surface area contributed by atoms with Gasteiger partial charge in [0.2, 0.25) is 22.7 Å². The summed E-state index contributed by atoms with van der Waals surface area (Å²) in [6, 6.07) is 4.84. The molecule has 4 aliphatic rings. The second kappa shape index (κ2) is 13.3. The van der Waals surface area contributed by atoms with Crippen LogP contribution in [0.1, 0.15) is 58.8 Å². The van der Waals surface area contributed by atoms with Crippen molar-refractivity contribution in [3.05, 3.63) is 42.6 Å². The maximum atomic E-state index is 14.7. The summed E-state index contributed by atoms with van der Waals surface area (Å²) in [5.41, 5.74) is -1.70. The number of fused-ring (bicyclic) bond motifs is 3. The summed E-state index contributed by atoms with van der Waals surface area (Å²) in [6.45, 7) is 3.66. The Balaban J connectivity index is 1.34. The molecule has 1 aromatic carbocycles. The maximum absolute atomic E-state index is 14.7. The first-order chi connectivity index (χ1) is 23.7. The average molecular weight is 716 g/mol. The van der Waals surface area contributed by atoms with Gasteiger partial charge in [-0.3, -0.25) is 14.4 Å². The van der Waals surface area contributed by atoms with E-state index in [0.29, 0.717) is 30.4 Å². The van der Waals surface area contributed by atoms with Crippen molar-refractivity contribution in [2.45, 2.75) is 87.5 Å². The van der Waals surface area contributed by atoms with Crippen LogP contribution in [-0.4, -0.2) is 89.6 Å². The minimum absolute atomic E-state index is 0.0473. The van der Waals surface area contributed by atoms with Crippen molar-refractivity contribution in [3.63, 3.8) is 0 Å². The molecule has 50 heavy (non-hydrogen) atoms. The van der Waals surface area contributed by atoms with Gasteiger partial charge in [0.15, 0.2) is 0 Å². The van der Waals surface area contributed by atoms with Crippen LogP contribution in [-0.2, 0) is 24.4 Å². The van der Waals surface area contributed by atoms with Crippen molar-refractivity contribution in [3.8, 4) is 11.6 Å². The van der Waals surface area contributed by atoms with Gasteiger partial charge in [-0.15, -0.1) is 0 Å². The summed E-state index contributed by atoms with van der Waals surface area (Å²) >= 11 is 0. The number of hydrogen-bond acceptors (Lipinski definition) is 9. The number of sulfonamides is 1. The molecular formula is C34H42FN5O9S. The monoisotopic (exact) mass is 715 g/mol. The van der Waals surface area contributed by atoms with Crippen molar-refractivity contribution in [2.24, 2.45) is 17.8 Å². The van der Waals surface area contributed by atoms with Gasteiger partial charge in [-0.05, 0) is 43.6 Å². The van der Waals surface area contributed by atoms with Crippen LogP contribution < -0.4 is 24.8 Å². The zero-order valence-electron chi connectivity index (χ0n) is 28.1. The van der Waals surface area contributed by atoms with Crippen molar-refractivity contribution in [2.75, 3.05) is 13.7 Å². The van der Waals surface area contributed by atoms with Crippen LogP contribution in [0.3, 0.4) is 0 Å². The maximum Gasteiger partial charge on any atom is 0.405 e. The molecule has 0 unspecified atom stereocenters. The first-order valence-electron chi connectivity index (χ1n) is 16.8. The van der Waals surface area contributed by atoms with E-state index in [1.165, 1.54) is 18.2 Å². The summed E-state index contributed by atoms with van der Waals surface area (Å²) in [5, 5.41) is 13.6. The number of nitrogens with zero attached hydrogens (tertiary/aromatic N) is 2. The summed E-state index contributed by atoms with van der Waals surface area (Å²) in [4.78, 5) is 59.7. The lowest BCUT2D eigenvalue weighted by Gasteiger charge is -2.32. The number of aromatic nitrogens is 1. The molecule has 4 N–H and O–H groups in total. The van der Waals surface area contributed by atoms with Gasteiger partial charge in [-0.2, -0.15) is 0 Å². The van der Waals surface area contributed by atoms with Gasteiger partial charge >= 0.3 is 6.09 Å². The van der Waals surface area contributed by atoms with Gasteiger partial charge in [-0.25, -0.2) is 27.3 Å². The quantitative estimate of drug-likeness (QED) is 0.310. The van der Waals surface area contributed by atoms with Gasteiger partial charge < -0.3 is 30.1 Å². The Morgan fingerprint density at radius 2 is 1.86 bits per heavy atom. The first kappa shape index (κ1) is 35.4. The fraction of sp³-hybridized carbons (Fsp3) is 0.559. The Hall–Kier alpha value is -4.47. The molecule has 270 valence electrons. The lowest BCUT2D eigenvalue weighted by molar-refractivity contribution is -0.142. The fourth-order valence-corrected chi connectivity index (χ4v) is 8.42. The third kappa shape index (κ3) is 6.81. The highest BCUT2D eigenvalue weighted by Gasteiger charge is 2.64. The Bertz CT molecular complexity index is 1840. The van der Waals surface area contributed by atoms with E-state index < -0.39 is 74.4 Å². The number of rotatable bonds is 7. The molecule has 2 aromatic rings. The Morgan fingerprint density at radius 1 is 1.14 bits per heavy atom. The van der Waals surface area contributed by atoms with E-state index in [1.807, 2.05) is 29.9 Å². The number of allylic oxidation sites excluding steroid dienone is 1. The zero-order valence-corrected chi connectivity index (χ0v) is 28.9. The number of halogens is 1. The van der Waals surface area contributed by atoms with E-state index in [1.54, 1.807) is 25.1 Å². The summed E-state index contributed by atoms with van der Waals surface area (Å²) in [6.07, 6.45) is 4.27. The molecule has 0 radical (unpaired) electrons. The fourth-order valence-electron chi connectivity index (χ4n) is 7.18. The number of carbonyl (C=O) groups excluding carboxylic acids is 3. The van der Waals surface area contributed by atoms with Gasteiger partial charge in [0.05, 0.1) is 19.9 Å². The highest BCUT2D eigenvalue weighted by Crippen LogP contribution is 2.48. The van der Waals surface area contributed by atoms with Crippen LogP contribution in [0.15, 0.2) is 42.6 Å². The van der Waals surface area contributed by atoms with Crippen LogP contribution in [0, 0.1) is 17.8 Å². The number of alkyl halides is 1. The molecule has 14 nitrogen and oxygen atoms in total. The van der Waals surface area contributed by atoms with E-state index in [9.17, 15) is 37.1 Å². The van der Waals surface area contributed by atoms with Gasteiger partial charge in [0.25, 0.3) is 15.9 Å². The van der Waals surface area contributed by atoms with Gasteiger partial charge in [0, 0.05) is 36.0 Å². The van der Waals surface area contributed by atoms with Crippen molar-refractivity contribution in [1.82, 2.24) is 25.2 Å². The van der Waals surface area contributed by atoms with Gasteiger partial charge in [0.1, 0.15) is 29.5 Å². The van der Waals surface area contributed by atoms with E-state index >= 15 is 0 Å². The zero-order chi connectivity index (χ0) is 36.0. The third-order valence-corrected chi connectivity index (χ3v) is 12.1. The van der Waals surface area contributed by atoms with Crippen LogP contribution in [0.25, 0.3) is 10.8 Å². The van der Waals surface area contributed by atoms with Crippen LogP contribution in [0.5, 0.6) is 11.6 Å². The SMILES string of the molecule is COc1cnc(O[C@@H]2C[C@H]3C(=O)N[C@]4(C(=O)NS(=O)(=O)C5(F)CC5)C[C@H]4C=CCC[C@@H](C)C[C@@H](C)[C@H](NC(=O)O)C(=O)N3C2)c2ccccc12. The molecule has 0 bridgehead atoms. The number of nitrogens with one attached hydrogen (secondary N) is 3. The molecule has 1 saturated heterocycles. The summed E-state index contributed by atoms with van der Waals surface area (Å²) in [7, 11) is -3.14. The molecule has 1 aromatic heterocycles. The van der Waals surface area contributed by atoms with Crippen molar-refractivity contribution >= 4 is 44.6 Å². The Kier molecular flexibility index (Phi) is 9.43. The molecule has 2 aliphatic carbocycles. The molecular weight excluding hydrogens is 673 g/mol. The predicted octanol–water partition coefficient (Wildman–Crippen LogP) is 3.02. The second-order valence-electron chi connectivity index (χ2n) is 14.0. The lowest BCUT2D eigenvalue weighted by Crippen LogP contribution is -2.59. The summed E-state index contributed by atoms with van der Waals surface area (Å²) in [5.74, 6) is -2.63. The molecule has 6 rings (SSSR count). The minimum atomic E-state index is -4.66. The Morgan fingerprint density at radius 3 is 2.54 bits per heavy atom. The average Bonchev–Trinajstić information content (AvgIpc) is 3.95. The predicted molar refractivity (Wildman–Crippen MR) is 178 cm³/mol. The minimum Gasteiger partial charge on any atom is -0.494 e. The van der Waals surface area contributed by atoms with Crippen molar-refractivity contribution < 1.29 is 46.6 Å². The second-order valence-corrected chi connectivity index (χ2v) is 15.9. The molecule has 16 heteroatoms. The molecule has 3 fully saturated rings. The van der Waals surface area contributed by atoms with Crippen LogP contribution >= 0.6 is 0 Å². The molecule has 3 heterocycles. The molecule has 4 amide bonds. The van der Waals surface area contributed by atoms with Crippen LogP contribution in [0.4, 0.5) is 9.18 Å². The van der Waals surface area contributed by atoms with E-state index in [0.717, 1.165) is 5.39 Å². The number of carboxylic acid groups (broad SMARTS) is 1. The molecule has 0 spiro atoms. The number of amides is 4. The summed E-state index contributed by atoms with van der Waals surface area (Å²) < 4.78 is 53.7. The number of ether oxygens (including phenoxy) is 2. The lowest BCUT2D eigenvalue weighted by atomic mass is 9.88. The topological polar surface area (TPSA) is 193 Å². The molecule has 2 aliphatic heterocycles. The first-order valence-corrected chi connectivity index (χ1v) is 18.3. The van der Waals surface area contributed by atoms with Gasteiger partial charge in [-0.1, -0.05) is 44.2 Å². The number of benzene rings is 1. The number of pyridine rings is 1. The largest absolute Gasteiger partial charge is 0.494 e. The Labute approximate surface area is 289 Å². The number of methoxy groups -OCH3 is 1.